The Labute approximate surface area is 168 Å². The van der Waals surface area contributed by atoms with Crippen molar-refractivity contribution in [2.75, 3.05) is 31.2 Å². The number of carbonyl (C=O) groups excluding carboxylic acids is 1. The molecular weight excluding hydrogens is 379 g/mol. The minimum absolute atomic E-state index is 0. The molecule has 1 atom stereocenters. The molecule has 1 saturated heterocycles. The Morgan fingerprint density at radius 3 is 2.80 bits per heavy atom. The smallest absolute Gasteiger partial charge is 0.223 e. The third-order valence-corrected chi connectivity index (χ3v) is 5.11. The molecule has 1 heterocycles. The fourth-order valence-corrected chi connectivity index (χ4v) is 3.70. The molecule has 4 nitrogen and oxygen atoms in total. The van der Waals surface area contributed by atoms with Crippen LogP contribution in [0.15, 0.2) is 18.2 Å². The molecule has 1 aromatic rings. The summed E-state index contributed by atoms with van der Waals surface area (Å²) in [6, 6.07) is 5.92. The van der Waals surface area contributed by atoms with E-state index in [4.69, 9.17) is 10.5 Å². The molecule has 0 saturated carbocycles. The largest absolute Gasteiger partial charge is 0.493 e. The van der Waals surface area contributed by atoms with Crippen molar-refractivity contribution in [2.24, 2.45) is 0 Å². The molecule has 0 radical (unpaired) electrons. The van der Waals surface area contributed by atoms with Gasteiger partial charge in [-0.25, -0.2) is 0 Å². The Morgan fingerprint density at radius 1 is 1.36 bits per heavy atom. The number of thioether (sulfide) groups is 1. The van der Waals surface area contributed by atoms with E-state index in [2.05, 4.69) is 11.8 Å². The number of carbonyl (C=O) groups is 1. The summed E-state index contributed by atoms with van der Waals surface area (Å²) in [5.74, 6) is 1.43. The van der Waals surface area contributed by atoms with E-state index in [-0.39, 0.29) is 29.9 Å². The Hall–Kier alpha value is -0.620. The van der Waals surface area contributed by atoms with E-state index < -0.39 is 0 Å². The van der Waals surface area contributed by atoms with E-state index in [1.54, 1.807) is 18.2 Å². The highest BCUT2D eigenvalue weighted by Crippen LogP contribution is 2.26. The third-order valence-electron chi connectivity index (χ3n) is 4.24. The van der Waals surface area contributed by atoms with Gasteiger partial charge in [0.2, 0.25) is 5.12 Å². The van der Waals surface area contributed by atoms with E-state index in [1.807, 2.05) is 6.92 Å². The van der Waals surface area contributed by atoms with Gasteiger partial charge in [-0.3, -0.25) is 9.69 Å². The van der Waals surface area contributed by atoms with Crippen LogP contribution in [-0.2, 0) is 0 Å². The maximum Gasteiger partial charge on any atom is 0.223 e. The van der Waals surface area contributed by atoms with E-state index >= 15 is 0 Å². The molecule has 25 heavy (non-hydrogen) atoms. The van der Waals surface area contributed by atoms with Crippen molar-refractivity contribution < 1.29 is 9.53 Å². The molecule has 0 bridgehead atoms. The average molecular weight is 409 g/mol. The molecule has 0 aromatic heterocycles. The molecule has 7 heteroatoms. The second kappa shape index (κ2) is 12.7. The number of nitrogen functional groups attached to an aromatic ring is 1. The Bertz CT molecular complexity index is 532. The molecule has 144 valence electrons. The van der Waals surface area contributed by atoms with Gasteiger partial charge in [-0.05, 0) is 44.9 Å². The number of benzene rings is 1. The lowest BCUT2D eigenvalue weighted by Gasteiger charge is -2.33. The number of nitrogens with zero attached hydrogens (tertiary/aromatic N) is 1. The highest BCUT2D eigenvalue weighted by Gasteiger charge is 2.19. The zero-order valence-electron chi connectivity index (χ0n) is 15.0. The molecule has 2 N–H and O–H groups in total. The van der Waals surface area contributed by atoms with Crippen molar-refractivity contribution >= 4 is 47.4 Å². The molecule has 2 rings (SSSR count). The zero-order valence-corrected chi connectivity index (χ0v) is 17.5. The summed E-state index contributed by atoms with van der Waals surface area (Å²) in [6.45, 7) is 7.05. The number of hydrogen-bond donors (Lipinski definition) is 1. The van der Waals surface area contributed by atoms with Crippen LogP contribution in [0.5, 0.6) is 5.75 Å². The number of hydrogen-bond acceptors (Lipinski definition) is 5. The minimum atomic E-state index is 0. The van der Waals surface area contributed by atoms with E-state index in [0.717, 1.165) is 25.3 Å². The zero-order chi connectivity index (χ0) is 16.7. The van der Waals surface area contributed by atoms with Crippen LogP contribution in [-0.4, -0.2) is 41.5 Å². The van der Waals surface area contributed by atoms with Gasteiger partial charge in [0.15, 0.2) is 0 Å². The Kier molecular flexibility index (Phi) is 12.4. The lowest BCUT2D eigenvalue weighted by Crippen LogP contribution is -2.38. The summed E-state index contributed by atoms with van der Waals surface area (Å²) >= 11 is 1.38. The summed E-state index contributed by atoms with van der Waals surface area (Å²) in [6.07, 6.45) is 4.78. The van der Waals surface area contributed by atoms with Crippen molar-refractivity contribution in [3.05, 3.63) is 23.8 Å². The van der Waals surface area contributed by atoms with Gasteiger partial charge >= 0.3 is 0 Å². The van der Waals surface area contributed by atoms with Gasteiger partial charge in [0.25, 0.3) is 0 Å². The van der Waals surface area contributed by atoms with Crippen LogP contribution in [0.25, 0.3) is 0 Å². The molecule has 0 spiro atoms. The summed E-state index contributed by atoms with van der Waals surface area (Å²) < 4.78 is 5.68. The van der Waals surface area contributed by atoms with Crippen LogP contribution in [0, 0.1) is 0 Å². The number of anilines is 1. The van der Waals surface area contributed by atoms with Gasteiger partial charge in [-0.15, -0.1) is 24.8 Å². The van der Waals surface area contributed by atoms with Gasteiger partial charge < -0.3 is 10.5 Å². The van der Waals surface area contributed by atoms with Crippen molar-refractivity contribution in [2.45, 2.75) is 45.6 Å². The summed E-state index contributed by atoms with van der Waals surface area (Å²) in [5, 5.41) is 0.0702. The number of ether oxygens (including phenoxy) is 1. The van der Waals surface area contributed by atoms with Crippen LogP contribution in [0.1, 0.15) is 49.9 Å². The number of piperidine rings is 1. The van der Waals surface area contributed by atoms with Gasteiger partial charge in [-0.1, -0.05) is 25.1 Å². The van der Waals surface area contributed by atoms with E-state index in [9.17, 15) is 4.79 Å². The molecule has 0 aliphatic carbocycles. The highest BCUT2D eigenvalue weighted by atomic mass is 35.5. The monoisotopic (exact) mass is 408 g/mol. The molecule has 0 amide bonds. The normalized spacial score (nSPS) is 17.3. The van der Waals surface area contributed by atoms with Gasteiger partial charge in [0.05, 0.1) is 12.2 Å². The molecule has 1 fully saturated rings. The summed E-state index contributed by atoms with van der Waals surface area (Å²) in [4.78, 5) is 15.0. The third kappa shape index (κ3) is 7.65. The van der Waals surface area contributed by atoms with Crippen molar-refractivity contribution in [3.8, 4) is 5.75 Å². The fourth-order valence-electron chi connectivity index (χ4n) is 2.86. The number of nitrogens with two attached hydrogens (primary N) is 1. The average Bonchev–Trinajstić information content (AvgIpc) is 2.54. The maximum absolute atomic E-state index is 12.5. The van der Waals surface area contributed by atoms with Crippen LogP contribution in [0.2, 0.25) is 0 Å². The topological polar surface area (TPSA) is 55.6 Å². The second-order valence-electron chi connectivity index (χ2n) is 6.12. The van der Waals surface area contributed by atoms with Crippen LogP contribution in [0.3, 0.4) is 0 Å². The van der Waals surface area contributed by atoms with Gasteiger partial charge in [0, 0.05) is 30.1 Å². The lowest BCUT2D eigenvalue weighted by atomic mass is 10.0. The second-order valence-corrected chi connectivity index (χ2v) is 7.19. The number of rotatable bonds is 7. The van der Waals surface area contributed by atoms with E-state index in [0.29, 0.717) is 29.6 Å². The van der Waals surface area contributed by atoms with Crippen molar-refractivity contribution in [1.82, 2.24) is 4.90 Å². The lowest BCUT2D eigenvalue weighted by molar-refractivity contribution is 0.108. The first-order valence-corrected chi connectivity index (χ1v) is 9.54. The molecule has 1 unspecified atom stereocenters. The van der Waals surface area contributed by atoms with Gasteiger partial charge in [-0.2, -0.15) is 0 Å². The molecule has 1 aliphatic heterocycles. The van der Waals surface area contributed by atoms with Crippen LogP contribution in [0.4, 0.5) is 5.69 Å². The first-order valence-electron chi connectivity index (χ1n) is 8.55. The first kappa shape index (κ1) is 24.4. The van der Waals surface area contributed by atoms with Crippen LogP contribution >= 0.6 is 36.6 Å². The highest BCUT2D eigenvalue weighted by molar-refractivity contribution is 8.14. The minimum Gasteiger partial charge on any atom is -0.493 e. The Balaban J connectivity index is 0.00000288. The predicted octanol–water partition coefficient (Wildman–Crippen LogP) is 4.65. The number of halogens is 2. The van der Waals surface area contributed by atoms with Crippen LogP contribution < -0.4 is 10.5 Å². The summed E-state index contributed by atoms with van der Waals surface area (Å²) in [7, 11) is 0. The predicted molar refractivity (Wildman–Crippen MR) is 113 cm³/mol. The molecular formula is C18H30Cl2N2O2S. The molecule has 1 aromatic carbocycles. The Morgan fingerprint density at radius 2 is 2.12 bits per heavy atom. The van der Waals surface area contributed by atoms with E-state index in [1.165, 1.54) is 31.0 Å². The first-order chi connectivity index (χ1) is 11.1. The maximum atomic E-state index is 12.5. The fraction of sp³-hybridized carbons (Fsp3) is 0.611. The molecule has 1 aliphatic rings. The standard InChI is InChI=1S/C18H28N2O2S.2ClH/c1-3-11-22-17-13-15(19)7-8-16(17)18(21)23-12-10-20-9-5-4-6-14(20)2;;/h7-8,13-14H,3-6,9-12,19H2,1-2H3;2*1H. The summed E-state index contributed by atoms with van der Waals surface area (Å²) in [5.41, 5.74) is 7.06. The van der Waals surface area contributed by atoms with Crippen molar-refractivity contribution in [3.63, 3.8) is 0 Å². The SMILES string of the molecule is CCCOc1cc(N)ccc1C(=O)SCCN1CCCCC1C.Cl.Cl. The number of likely N-dealkylation sites (tertiary alicyclic amines) is 1. The quantitative estimate of drug-likeness (QED) is 0.665. The van der Waals surface area contributed by atoms with Crippen molar-refractivity contribution in [1.29, 1.82) is 0 Å². The van der Waals surface area contributed by atoms with Gasteiger partial charge in [0.1, 0.15) is 5.75 Å².